The summed E-state index contributed by atoms with van der Waals surface area (Å²) < 4.78 is 13.0. The van der Waals surface area contributed by atoms with Gasteiger partial charge >= 0.3 is 6.09 Å². The normalized spacial score (nSPS) is 26.7. The van der Waals surface area contributed by atoms with Crippen LogP contribution in [0, 0.1) is 15.4 Å². The molecule has 3 amide bonds. The molecule has 2 N–H and O–H groups in total. The molecule has 8 nitrogen and oxygen atoms in total. The SMILES string of the molecule is CC(C)OC(=O)N1CCC(Oc2ccc(I)cc2[C@H]2NC(=O)CC([C@@H]3C=CC=C(Cl)C3)[C@]23C(=O)Nc2cc(Cl)ccc23)CC1. The lowest BCUT2D eigenvalue weighted by atomic mass is 9.57. The highest BCUT2D eigenvalue weighted by Crippen LogP contribution is 2.58. The van der Waals surface area contributed by atoms with E-state index < -0.39 is 11.5 Å². The first-order valence-corrected chi connectivity index (χ1v) is 16.7. The molecule has 1 aliphatic carbocycles. The maximum atomic E-state index is 14.4. The van der Waals surface area contributed by atoms with Gasteiger partial charge in [0.15, 0.2) is 0 Å². The zero-order valence-corrected chi connectivity index (χ0v) is 28.1. The number of amides is 3. The highest BCUT2D eigenvalue weighted by atomic mass is 127. The molecular formula is C33H34Cl2IN3O5. The van der Waals surface area contributed by atoms with Crippen LogP contribution < -0.4 is 15.4 Å². The van der Waals surface area contributed by atoms with E-state index >= 15 is 0 Å². The van der Waals surface area contributed by atoms with Crippen molar-refractivity contribution in [2.24, 2.45) is 11.8 Å². The zero-order valence-electron chi connectivity index (χ0n) is 24.4. The number of halogens is 3. The number of carbonyl (C=O) groups is 3. The van der Waals surface area contributed by atoms with Crippen molar-refractivity contribution in [2.45, 2.75) is 63.2 Å². The molecule has 232 valence electrons. The summed E-state index contributed by atoms with van der Waals surface area (Å²) in [5.74, 6) is -0.252. The quantitative estimate of drug-likeness (QED) is 0.318. The first kappa shape index (κ1) is 31.2. The Bertz CT molecular complexity index is 1550. The van der Waals surface area contributed by atoms with Crippen molar-refractivity contribution in [3.05, 3.63) is 79.4 Å². The van der Waals surface area contributed by atoms with E-state index in [4.69, 9.17) is 32.7 Å². The number of fused-ring (bicyclic) bond motifs is 2. The van der Waals surface area contributed by atoms with E-state index in [2.05, 4.69) is 39.3 Å². The Morgan fingerprint density at radius 3 is 2.59 bits per heavy atom. The number of rotatable bonds is 5. The predicted molar refractivity (Wildman–Crippen MR) is 178 cm³/mol. The molecule has 44 heavy (non-hydrogen) atoms. The molecule has 4 atom stereocenters. The first-order chi connectivity index (χ1) is 21.1. The molecule has 0 radical (unpaired) electrons. The monoisotopic (exact) mass is 749 g/mol. The molecule has 2 fully saturated rings. The van der Waals surface area contributed by atoms with Crippen LogP contribution in [0.4, 0.5) is 10.5 Å². The standard InChI is InChI=1S/C33H34Cl2IN3O5/c1-18(2)43-32(42)39-12-10-23(11-13-39)44-28-9-7-22(36)16-24(28)30-33(25-8-6-21(35)15-27(25)37-31(33)41)26(17-29(40)38-30)19-4-3-5-20(34)14-19/h3-9,15-16,18-19,23,26,30H,10-14,17H2,1-2H3,(H,37,41)(H,38,40)/t19-,26?,30-,33+/m1/s1. The second kappa shape index (κ2) is 12.6. The number of benzene rings is 2. The highest BCUT2D eigenvalue weighted by molar-refractivity contribution is 14.1. The van der Waals surface area contributed by atoms with Crippen LogP contribution in [0.25, 0.3) is 0 Å². The zero-order chi connectivity index (χ0) is 31.2. The van der Waals surface area contributed by atoms with Crippen LogP contribution in [-0.4, -0.2) is 48.1 Å². The molecule has 6 rings (SSSR count). The smallest absolute Gasteiger partial charge is 0.410 e. The van der Waals surface area contributed by atoms with Gasteiger partial charge in [-0.1, -0.05) is 41.4 Å². The maximum Gasteiger partial charge on any atom is 0.410 e. The van der Waals surface area contributed by atoms with E-state index in [1.165, 1.54) is 0 Å². The molecule has 0 aromatic heterocycles. The molecule has 2 saturated heterocycles. The fourth-order valence-electron chi connectivity index (χ4n) is 7.11. The molecule has 11 heteroatoms. The lowest BCUT2D eigenvalue weighted by molar-refractivity contribution is -0.135. The second-order valence-corrected chi connectivity index (χ2v) is 14.3. The van der Waals surface area contributed by atoms with Gasteiger partial charge in [-0.25, -0.2) is 4.79 Å². The van der Waals surface area contributed by atoms with Crippen LogP contribution in [0.5, 0.6) is 5.75 Å². The number of allylic oxidation sites excluding steroid dienone is 4. The Balaban J connectivity index is 1.40. The number of carbonyl (C=O) groups excluding carboxylic acids is 3. The summed E-state index contributed by atoms with van der Waals surface area (Å²) in [6, 6.07) is 10.6. The van der Waals surface area contributed by atoms with E-state index in [1.807, 2.05) is 50.3 Å². The minimum atomic E-state index is -1.15. The third kappa shape index (κ3) is 5.83. The van der Waals surface area contributed by atoms with E-state index in [0.29, 0.717) is 53.8 Å². The van der Waals surface area contributed by atoms with Crippen molar-refractivity contribution in [1.29, 1.82) is 0 Å². The Labute approximate surface area is 280 Å². The Kier molecular flexibility index (Phi) is 8.91. The van der Waals surface area contributed by atoms with Gasteiger partial charge in [-0.15, -0.1) is 0 Å². The van der Waals surface area contributed by atoms with Gasteiger partial charge in [-0.2, -0.15) is 0 Å². The number of anilines is 1. The second-order valence-electron chi connectivity index (χ2n) is 12.1. The van der Waals surface area contributed by atoms with Gasteiger partial charge in [0.25, 0.3) is 0 Å². The van der Waals surface area contributed by atoms with Crippen LogP contribution in [0.3, 0.4) is 0 Å². The number of hydrogen-bond donors (Lipinski definition) is 2. The topological polar surface area (TPSA) is 97.0 Å². The summed E-state index contributed by atoms with van der Waals surface area (Å²) in [6.45, 7) is 4.70. The number of nitrogens with one attached hydrogen (secondary N) is 2. The third-order valence-corrected chi connectivity index (χ3v) is 10.2. The first-order valence-electron chi connectivity index (χ1n) is 14.9. The van der Waals surface area contributed by atoms with Crippen LogP contribution in [0.15, 0.2) is 59.7 Å². The van der Waals surface area contributed by atoms with Gasteiger partial charge in [0.1, 0.15) is 17.3 Å². The maximum absolute atomic E-state index is 14.4. The molecule has 4 aliphatic rings. The summed E-state index contributed by atoms with van der Waals surface area (Å²) in [5.41, 5.74) is 1.02. The molecule has 3 aliphatic heterocycles. The van der Waals surface area contributed by atoms with Crippen LogP contribution in [0.1, 0.15) is 56.7 Å². The molecule has 2 aromatic rings. The summed E-state index contributed by atoms with van der Waals surface area (Å²) in [7, 11) is 0. The van der Waals surface area contributed by atoms with Crippen molar-refractivity contribution in [1.82, 2.24) is 10.2 Å². The average Bonchev–Trinajstić information content (AvgIpc) is 3.25. The molecule has 0 bridgehead atoms. The third-order valence-electron chi connectivity index (χ3n) is 9.00. The van der Waals surface area contributed by atoms with Crippen molar-refractivity contribution in [2.75, 3.05) is 18.4 Å². The van der Waals surface area contributed by atoms with E-state index in [1.54, 1.807) is 17.0 Å². The predicted octanol–water partition coefficient (Wildman–Crippen LogP) is 7.10. The number of ether oxygens (including phenoxy) is 2. The van der Waals surface area contributed by atoms with Crippen molar-refractivity contribution < 1.29 is 23.9 Å². The fraction of sp³-hybridized carbons (Fsp3) is 0.424. The van der Waals surface area contributed by atoms with Crippen LogP contribution in [0.2, 0.25) is 5.02 Å². The summed E-state index contributed by atoms with van der Waals surface area (Å²) in [5, 5.41) is 7.52. The van der Waals surface area contributed by atoms with Gasteiger partial charge in [-0.3, -0.25) is 9.59 Å². The minimum absolute atomic E-state index is 0.137. The molecule has 1 unspecified atom stereocenters. The van der Waals surface area contributed by atoms with Gasteiger partial charge in [0.05, 0.1) is 12.1 Å². The van der Waals surface area contributed by atoms with Gasteiger partial charge in [-0.05, 0) is 96.7 Å². The van der Waals surface area contributed by atoms with Gasteiger partial charge in [0.2, 0.25) is 11.8 Å². The largest absolute Gasteiger partial charge is 0.490 e. The Hall–Kier alpha value is -2.76. The molecule has 3 heterocycles. The van der Waals surface area contributed by atoms with Crippen molar-refractivity contribution in [3.8, 4) is 5.75 Å². The van der Waals surface area contributed by atoms with Crippen molar-refractivity contribution >= 4 is 69.4 Å². The Morgan fingerprint density at radius 1 is 1.09 bits per heavy atom. The van der Waals surface area contributed by atoms with Crippen molar-refractivity contribution in [3.63, 3.8) is 0 Å². The number of likely N-dealkylation sites (tertiary alicyclic amines) is 1. The van der Waals surface area contributed by atoms with Crippen LogP contribution >= 0.6 is 45.8 Å². The lowest BCUT2D eigenvalue weighted by Crippen LogP contribution is -2.59. The number of nitrogens with zero attached hydrogens (tertiary/aromatic N) is 1. The van der Waals surface area contributed by atoms with E-state index in [-0.39, 0.29) is 48.4 Å². The summed E-state index contributed by atoms with van der Waals surface area (Å²) >= 11 is 15.1. The molecule has 2 aromatic carbocycles. The summed E-state index contributed by atoms with van der Waals surface area (Å²) in [4.78, 5) is 42.1. The van der Waals surface area contributed by atoms with Gasteiger partial charge < -0.3 is 25.0 Å². The number of hydrogen-bond acceptors (Lipinski definition) is 5. The number of piperidine rings is 2. The average molecular weight is 750 g/mol. The molecular weight excluding hydrogens is 716 g/mol. The van der Waals surface area contributed by atoms with E-state index in [9.17, 15) is 14.4 Å². The fourth-order valence-corrected chi connectivity index (χ4v) is 8.05. The van der Waals surface area contributed by atoms with E-state index in [0.717, 1.165) is 14.7 Å². The summed E-state index contributed by atoms with van der Waals surface area (Å²) in [6.07, 6.45) is 7.12. The van der Waals surface area contributed by atoms with Crippen LogP contribution in [-0.2, 0) is 19.7 Å². The molecule has 1 spiro atoms. The van der Waals surface area contributed by atoms with Gasteiger partial charge in [0, 0.05) is 57.2 Å². The highest BCUT2D eigenvalue weighted by Gasteiger charge is 2.62. The molecule has 0 saturated carbocycles. The minimum Gasteiger partial charge on any atom is -0.490 e. The lowest BCUT2D eigenvalue weighted by Gasteiger charge is -2.49. The Morgan fingerprint density at radius 2 is 1.86 bits per heavy atom.